The topological polar surface area (TPSA) is 78.8 Å². The molecule has 7 nitrogen and oxygen atoms in total. The summed E-state index contributed by atoms with van der Waals surface area (Å²) in [5, 5.41) is 4.60. The molecule has 10 rings (SSSR count). The lowest BCUT2D eigenvalue weighted by molar-refractivity contribution is 0.00206. The van der Waals surface area contributed by atoms with Gasteiger partial charge in [0.2, 0.25) is 0 Å². The average molecular weight is 633 g/mol. The minimum Gasteiger partial charge on any atom is -0.456 e. The lowest BCUT2D eigenvalue weighted by Crippen LogP contribution is -2.48. The van der Waals surface area contributed by atoms with Gasteiger partial charge in [0.1, 0.15) is 17.2 Å². The van der Waals surface area contributed by atoms with E-state index in [2.05, 4.69) is 106 Å². The molecule has 6 heterocycles. The molecular formula is C41H36N4O3. The Hall–Kier alpha value is -5.11. The summed E-state index contributed by atoms with van der Waals surface area (Å²) in [6.45, 7) is 1.46. The number of hydrogen-bond acceptors (Lipinski definition) is 5. The Morgan fingerprint density at radius 1 is 0.688 bits per heavy atom. The zero-order valence-corrected chi connectivity index (χ0v) is 26.6. The Labute approximate surface area is 277 Å². The number of H-pyrrole nitrogens is 2. The third kappa shape index (κ3) is 4.45. The molecule has 3 atom stereocenters. The first-order chi connectivity index (χ1) is 23.8. The van der Waals surface area contributed by atoms with Crippen molar-refractivity contribution < 1.29 is 13.9 Å². The molecule has 3 unspecified atom stereocenters. The van der Waals surface area contributed by atoms with Gasteiger partial charge >= 0.3 is 0 Å². The van der Waals surface area contributed by atoms with Crippen molar-refractivity contribution in [2.24, 2.45) is 4.99 Å². The molecule has 0 radical (unpaired) electrons. The second-order valence-corrected chi connectivity index (χ2v) is 13.2. The SMILES string of the molecule is c1ccc2[nH]c(N3C(c4cccc5c4[nH]c4ccccc45)=C(c4cc5ccccc5o4)C(C4CCCO4)=NC3C3CCCCO3)cc2c1. The second-order valence-electron chi connectivity index (χ2n) is 13.2. The fourth-order valence-electron chi connectivity index (χ4n) is 8.06. The number of benzene rings is 4. The fraction of sp³-hybridized carbons (Fsp3) is 0.244. The summed E-state index contributed by atoms with van der Waals surface area (Å²) in [7, 11) is 0. The van der Waals surface area contributed by atoms with Gasteiger partial charge in [0, 0.05) is 51.4 Å². The molecule has 2 N–H and O–H groups in total. The van der Waals surface area contributed by atoms with E-state index in [1.54, 1.807) is 0 Å². The molecule has 0 bridgehead atoms. The number of aromatic nitrogens is 2. The predicted molar refractivity (Wildman–Crippen MR) is 193 cm³/mol. The van der Waals surface area contributed by atoms with Crippen LogP contribution in [0.1, 0.15) is 43.4 Å². The van der Waals surface area contributed by atoms with Gasteiger partial charge in [-0.05, 0) is 62.4 Å². The molecule has 4 aromatic carbocycles. The van der Waals surface area contributed by atoms with E-state index >= 15 is 0 Å². The average Bonchev–Trinajstić information content (AvgIpc) is 3.96. The Bertz CT molecular complexity index is 2310. The number of nitrogens with zero attached hydrogens (tertiary/aromatic N) is 2. The molecule has 0 aliphatic carbocycles. The number of rotatable bonds is 5. The Morgan fingerprint density at radius 2 is 1.50 bits per heavy atom. The highest BCUT2D eigenvalue weighted by Crippen LogP contribution is 2.46. The van der Waals surface area contributed by atoms with E-state index in [9.17, 15) is 0 Å². The largest absolute Gasteiger partial charge is 0.456 e. The van der Waals surface area contributed by atoms with Crippen LogP contribution in [-0.2, 0) is 9.47 Å². The molecule has 2 fully saturated rings. The zero-order valence-electron chi connectivity index (χ0n) is 26.6. The highest BCUT2D eigenvalue weighted by molar-refractivity contribution is 6.35. The first-order valence-electron chi connectivity index (χ1n) is 17.2. The van der Waals surface area contributed by atoms with Crippen molar-refractivity contribution >= 4 is 66.5 Å². The summed E-state index contributed by atoms with van der Waals surface area (Å²) < 4.78 is 19.9. The molecular weight excluding hydrogens is 596 g/mol. The van der Waals surface area contributed by atoms with Gasteiger partial charge in [0.25, 0.3) is 0 Å². The Balaban J connectivity index is 1.33. The smallest absolute Gasteiger partial charge is 0.153 e. The van der Waals surface area contributed by atoms with Crippen LogP contribution in [0, 0.1) is 0 Å². The molecule has 3 aromatic heterocycles. The van der Waals surface area contributed by atoms with Gasteiger partial charge in [-0.15, -0.1) is 0 Å². The maximum Gasteiger partial charge on any atom is 0.153 e. The summed E-state index contributed by atoms with van der Waals surface area (Å²) >= 11 is 0. The van der Waals surface area contributed by atoms with E-state index in [4.69, 9.17) is 18.9 Å². The Morgan fingerprint density at radius 3 is 2.33 bits per heavy atom. The van der Waals surface area contributed by atoms with E-state index in [0.29, 0.717) is 0 Å². The van der Waals surface area contributed by atoms with Crippen LogP contribution in [0.15, 0.2) is 113 Å². The first kappa shape index (κ1) is 28.0. The summed E-state index contributed by atoms with van der Waals surface area (Å²) in [6.07, 6.45) is 4.50. The molecule has 0 spiro atoms. The van der Waals surface area contributed by atoms with Crippen molar-refractivity contribution in [2.45, 2.75) is 50.5 Å². The van der Waals surface area contributed by atoms with E-state index in [1.165, 1.54) is 10.8 Å². The molecule has 7 aromatic rings. The standard InChI is InChI=1S/C41H36N4O3/c1-4-16-30-25(11-1)24-36(42-30)45-40(29-15-9-14-28-27-13-3-5-17-31(27)43-38(28)29)37(35-23-26-12-2-6-18-32(26)48-35)39(33-20-10-22-46-33)44-41(45)34-19-7-8-21-47-34/h1-6,9,11-18,23-24,33-34,41-43H,7-8,10,19-22H2. The molecule has 3 aliphatic heterocycles. The van der Waals surface area contributed by atoms with Crippen LogP contribution in [0.3, 0.4) is 0 Å². The van der Waals surface area contributed by atoms with Gasteiger partial charge in [-0.1, -0.05) is 72.8 Å². The van der Waals surface area contributed by atoms with Crippen LogP contribution >= 0.6 is 0 Å². The summed E-state index contributed by atoms with van der Waals surface area (Å²) in [5.74, 6) is 1.76. The summed E-state index contributed by atoms with van der Waals surface area (Å²) in [6, 6.07) is 36.3. The van der Waals surface area contributed by atoms with Gasteiger partial charge in [0.05, 0.1) is 34.7 Å². The van der Waals surface area contributed by atoms with E-state index < -0.39 is 0 Å². The monoisotopic (exact) mass is 632 g/mol. The molecule has 2 saturated heterocycles. The normalized spacial score (nSPS) is 22.0. The maximum absolute atomic E-state index is 6.77. The number of fused-ring (bicyclic) bond motifs is 5. The van der Waals surface area contributed by atoms with E-state index in [-0.39, 0.29) is 18.4 Å². The van der Waals surface area contributed by atoms with Crippen molar-refractivity contribution in [2.75, 3.05) is 18.1 Å². The first-order valence-corrected chi connectivity index (χ1v) is 17.2. The number of anilines is 1. The second kappa shape index (κ2) is 11.3. The fourth-order valence-corrected chi connectivity index (χ4v) is 8.06. The van der Waals surface area contributed by atoms with Crippen molar-refractivity contribution in [3.05, 3.63) is 114 Å². The van der Waals surface area contributed by atoms with Crippen LogP contribution in [0.4, 0.5) is 5.82 Å². The molecule has 0 saturated carbocycles. The van der Waals surface area contributed by atoms with Crippen LogP contribution in [0.5, 0.6) is 0 Å². The highest BCUT2D eigenvalue weighted by atomic mass is 16.5. The quantitative estimate of drug-likeness (QED) is 0.198. The van der Waals surface area contributed by atoms with Gasteiger partial charge in [-0.3, -0.25) is 4.99 Å². The molecule has 238 valence electrons. The van der Waals surface area contributed by atoms with Gasteiger partial charge < -0.3 is 28.8 Å². The maximum atomic E-state index is 6.77. The number of aromatic amines is 2. The summed E-state index contributed by atoms with van der Waals surface area (Å²) in [5.41, 5.74) is 8.17. The summed E-state index contributed by atoms with van der Waals surface area (Å²) in [4.78, 5) is 15.7. The highest BCUT2D eigenvalue weighted by Gasteiger charge is 2.43. The van der Waals surface area contributed by atoms with E-state index in [1.807, 2.05) is 12.1 Å². The van der Waals surface area contributed by atoms with Crippen molar-refractivity contribution in [1.82, 2.24) is 9.97 Å². The number of nitrogens with one attached hydrogen (secondary N) is 2. The zero-order chi connectivity index (χ0) is 31.6. The number of ether oxygens (including phenoxy) is 2. The third-order valence-corrected chi connectivity index (χ3v) is 10.3. The molecule has 3 aliphatic rings. The Kier molecular flexibility index (Phi) is 6.55. The van der Waals surface area contributed by atoms with Gasteiger partial charge in [0.15, 0.2) is 6.17 Å². The van der Waals surface area contributed by atoms with Crippen LogP contribution in [0.25, 0.3) is 54.9 Å². The van der Waals surface area contributed by atoms with Crippen LogP contribution in [0.2, 0.25) is 0 Å². The van der Waals surface area contributed by atoms with Gasteiger partial charge in [-0.25, -0.2) is 0 Å². The van der Waals surface area contributed by atoms with Crippen molar-refractivity contribution in [3.63, 3.8) is 0 Å². The lowest BCUT2D eigenvalue weighted by Gasteiger charge is -2.42. The number of hydrogen-bond donors (Lipinski definition) is 2. The van der Waals surface area contributed by atoms with E-state index in [0.717, 1.165) is 112 Å². The molecule has 7 heteroatoms. The lowest BCUT2D eigenvalue weighted by atomic mass is 9.90. The minimum atomic E-state index is -0.305. The number of furan rings is 1. The molecule has 48 heavy (non-hydrogen) atoms. The third-order valence-electron chi connectivity index (χ3n) is 10.3. The van der Waals surface area contributed by atoms with Crippen LogP contribution < -0.4 is 4.90 Å². The number of para-hydroxylation sites is 4. The van der Waals surface area contributed by atoms with Crippen molar-refractivity contribution in [3.8, 4) is 0 Å². The minimum absolute atomic E-state index is 0.0873. The molecule has 0 amide bonds. The van der Waals surface area contributed by atoms with Crippen LogP contribution in [-0.4, -0.2) is 47.3 Å². The van der Waals surface area contributed by atoms with Gasteiger partial charge in [-0.2, -0.15) is 0 Å². The number of aliphatic imine (C=N–C) groups is 1. The predicted octanol–water partition coefficient (Wildman–Crippen LogP) is 9.45. The van der Waals surface area contributed by atoms with Crippen molar-refractivity contribution in [1.29, 1.82) is 0 Å².